The number of rotatable bonds is 4. The van der Waals surface area contributed by atoms with Crippen molar-refractivity contribution in [3.63, 3.8) is 0 Å². The number of unbranched alkanes of at least 4 members (excludes halogenated alkanes) is 2. The molecule has 0 amide bonds. The Kier molecular flexibility index (Phi) is 3.53. The largest absolute Gasteiger partial charge is 0.348 e. The molecule has 1 aliphatic rings. The van der Waals surface area contributed by atoms with Crippen molar-refractivity contribution in [2.75, 3.05) is 6.61 Å². The predicted octanol–water partition coefficient (Wildman–Crippen LogP) is 2.72. The van der Waals surface area contributed by atoms with E-state index >= 15 is 0 Å². The Hall–Kier alpha value is -0.0800. The van der Waals surface area contributed by atoms with Gasteiger partial charge in [-0.2, -0.15) is 0 Å². The quantitative estimate of drug-likeness (QED) is 0.607. The highest BCUT2D eigenvalue weighted by atomic mass is 16.7. The molecule has 1 saturated heterocycles. The summed E-state index contributed by atoms with van der Waals surface area (Å²) in [6.45, 7) is 6.95. The van der Waals surface area contributed by atoms with E-state index < -0.39 is 0 Å². The van der Waals surface area contributed by atoms with Gasteiger partial charge in [0.05, 0.1) is 12.7 Å². The van der Waals surface area contributed by atoms with Gasteiger partial charge in [0.1, 0.15) is 0 Å². The van der Waals surface area contributed by atoms with Crippen molar-refractivity contribution in [3.8, 4) is 0 Å². The molecule has 0 aromatic rings. The predicted molar refractivity (Wildman–Crippen MR) is 49.0 cm³/mol. The first-order chi connectivity index (χ1) is 5.64. The summed E-state index contributed by atoms with van der Waals surface area (Å²) in [6.07, 6.45) is 5.33. The smallest absolute Gasteiger partial charge is 0.163 e. The van der Waals surface area contributed by atoms with E-state index in [1.165, 1.54) is 19.3 Å². The molecule has 1 rings (SSSR count). The molecule has 12 heavy (non-hydrogen) atoms. The Balaban J connectivity index is 2.11. The summed E-state index contributed by atoms with van der Waals surface area (Å²) in [5, 5.41) is 0. The molecular weight excluding hydrogens is 152 g/mol. The lowest BCUT2D eigenvalue weighted by molar-refractivity contribution is -0.139. The van der Waals surface area contributed by atoms with Crippen LogP contribution in [0.2, 0.25) is 0 Å². The Labute approximate surface area is 75.2 Å². The van der Waals surface area contributed by atoms with E-state index in [1.807, 2.05) is 13.8 Å². The van der Waals surface area contributed by atoms with Gasteiger partial charge >= 0.3 is 0 Å². The molecule has 72 valence electrons. The standard InChI is InChI=1S/C10H20O2/c1-4-5-6-7-9-8-11-10(2,3)12-9/h9H,4-8H2,1-3H3. The van der Waals surface area contributed by atoms with Crippen molar-refractivity contribution in [2.45, 2.75) is 58.3 Å². The molecule has 0 spiro atoms. The van der Waals surface area contributed by atoms with Gasteiger partial charge in [0.2, 0.25) is 0 Å². The highest BCUT2D eigenvalue weighted by molar-refractivity contribution is 4.70. The molecule has 0 aromatic heterocycles. The number of hydrogen-bond acceptors (Lipinski definition) is 2. The van der Waals surface area contributed by atoms with Crippen LogP contribution in [0, 0.1) is 0 Å². The van der Waals surface area contributed by atoms with E-state index in [0.29, 0.717) is 6.10 Å². The molecule has 0 aliphatic carbocycles. The first-order valence-corrected chi connectivity index (χ1v) is 4.96. The van der Waals surface area contributed by atoms with Crippen molar-refractivity contribution in [1.29, 1.82) is 0 Å². The lowest BCUT2D eigenvalue weighted by Crippen LogP contribution is -2.21. The second-order valence-electron chi connectivity index (χ2n) is 3.95. The highest BCUT2D eigenvalue weighted by Crippen LogP contribution is 2.25. The van der Waals surface area contributed by atoms with E-state index in [2.05, 4.69) is 6.92 Å². The Morgan fingerprint density at radius 2 is 2.08 bits per heavy atom. The van der Waals surface area contributed by atoms with Gasteiger partial charge in [-0.15, -0.1) is 0 Å². The minimum absolute atomic E-state index is 0.336. The van der Waals surface area contributed by atoms with Gasteiger partial charge in [0, 0.05) is 0 Å². The number of ether oxygens (including phenoxy) is 2. The number of hydrogen-bond donors (Lipinski definition) is 0. The first-order valence-electron chi connectivity index (χ1n) is 4.96. The van der Waals surface area contributed by atoms with Crippen LogP contribution in [0.15, 0.2) is 0 Å². The lowest BCUT2D eigenvalue weighted by atomic mass is 10.1. The summed E-state index contributed by atoms with van der Waals surface area (Å²) in [5.41, 5.74) is 0. The van der Waals surface area contributed by atoms with Crippen LogP contribution in [0.25, 0.3) is 0 Å². The van der Waals surface area contributed by atoms with Crippen LogP contribution in [-0.4, -0.2) is 18.5 Å². The maximum absolute atomic E-state index is 5.67. The minimum atomic E-state index is -0.336. The van der Waals surface area contributed by atoms with E-state index in [1.54, 1.807) is 0 Å². The third-order valence-electron chi connectivity index (χ3n) is 2.20. The molecule has 1 fully saturated rings. The van der Waals surface area contributed by atoms with Crippen LogP contribution >= 0.6 is 0 Å². The SMILES string of the molecule is CCCCCC1COC(C)(C)O1. The Bertz CT molecular complexity index is 132. The van der Waals surface area contributed by atoms with E-state index in [0.717, 1.165) is 13.0 Å². The monoisotopic (exact) mass is 172 g/mol. The molecule has 1 heterocycles. The summed E-state index contributed by atoms with van der Waals surface area (Å²) in [4.78, 5) is 0. The van der Waals surface area contributed by atoms with Crippen molar-refractivity contribution in [1.82, 2.24) is 0 Å². The maximum Gasteiger partial charge on any atom is 0.163 e. The molecule has 0 saturated carbocycles. The Morgan fingerprint density at radius 1 is 1.33 bits per heavy atom. The van der Waals surface area contributed by atoms with Gasteiger partial charge in [0.25, 0.3) is 0 Å². The zero-order chi connectivity index (χ0) is 9.03. The maximum atomic E-state index is 5.67. The van der Waals surface area contributed by atoms with Gasteiger partial charge in [-0.25, -0.2) is 0 Å². The van der Waals surface area contributed by atoms with Crippen molar-refractivity contribution < 1.29 is 9.47 Å². The lowest BCUT2D eigenvalue weighted by Gasteiger charge is -2.16. The fourth-order valence-corrected chi connectivity index (χ4v) is 1.53. The van der Waals surface area contributed by atoms with Gasteiger partial charge in [-0.05, 0) is 20.3 Å². The third-order valence-corrected chi connectivity index (χ3v) is 2.20. The summed E-state index contributed by atoms with van der Waals surface area (Å²) in [5.74, 6) is -0.336. The van der Waals surface area contributed by atoms with Crippen molar-refractivity contribution in [3.05, 3.63) is 0 Å². The molecule has 1 atom stereocenters. The molecule has 2 heteroatoms. The second kappa shape index (κ2) is 4.24. The molecule has 1 aliphatic heterocycles. The zero-order valence-corrected chi connectivity index (χ0v) is 8.43. The Morgan fingerprint density at radius 3 is 2.58 bits per heavy atom. The first kappa shape index (κ1) is 10.0. The average molecular weight is 172 g/mol. The van der Waals surface area contributed by atoms with Crippen LogP contribution in [0.4, 0.5) is 0 Å². The molecule has 0 aromatic carbocycles. The second-order valence-corrected chi connectivity index (χ2v) is 3.95. The summed E-state index contributed by atoms with van der Waals surface area (Å²) in [6, 6.07) is 0. The summed E-state index contributed by atoms with van der Waals surface area (Å²) in [7, 11) is 0. The molecule has 0 radical (unpaired) electrons. The third kappa shape index (κ3) is 3.11. The van der Waals surface area contributed by atoms with Crippen LogP contribution in [0.3, 0.4) is 0 Å². The molecule has 0 bridgehead atoms. The molecular formula is C10H20O2. The van der Waals surface area contributed by atoms with Crippen molar-refractivity contribution >= 4 is 0 Å². The van der Waals surface area contributed by atoms with E-state index in [9.17, 15) is 0 Å². The van der Waals surface area contributed by atoms with Gasteiger partial charge in [-0.3, -0.25) is 0 Å². The van der Waals surface area contributed by atoms with E-state index in [4.69, 9.17) is 9.47 Å². The van der Waals surface area contributed by atoms with Gasteiger partial charge in [-0.1, -0.05) is 26.2 Å². The minimum Gasteiger partial charge on any atom is -0.348 e. The van der Waals surface area contributed by atoms with Crippen LogP contribution in [-0.2, 0) is 9.47 Å². The van der Waals surface area contributed by atoms with Gasteiger partial charge in [0.15, 0.2) is 5.79 Å². The van der Waals surface area contributed by atoms with Crippen molar-refractivity contribution in [2.24, 2.45) is 0 Å². The normalized spacial score (nSPS) is 27.8. The van der Waals surface area contributed by atoms with Gasteiger partial charge < -0.3 is 9.47 Å². The average Bonchev–Trinajstić information content (AvgIpc) is 2.31. The van der Waals surface area contributed by atoms with Crippen LogP contribution in [0.1, 0.15) is 46.5 Å². The molecule has 0 N–H and O–H groups in total. The molecule has 1 unspecified atom stereocenters. The summed E-state index contributed by atoms with van der Waals surface area (Å²) >= 11 is 0. The highest BCUT2D eigenvalue weighted by Gasteiger charge is 2.31. The molecule has 2 nitrogen and oxygen atoms in total. The topological polar surface area (TPSA) is 18.5 Å². The fraction of sp³-hybridized carbons (Fsp3) is 1.00. The zero-order valence-electron chi connectivity index (χ0n) is 8.43. The fourth-order valence-electron chi connectivity index (χ4n) is 1.53. The van der Waals surface area contributed by atoms with Crippen LogP contribution in [0.5, 0.6) is 0 Å². The summed E-state index contributed by atoms with van der Waals surface area (Å²) < 4.78 is 11.1. The van der Waals surface area contributed by atoms with E-state index in [-0.39, 0.29) is 5.79 Å². The van der Waals surface area contributed by atoms with Crippen LogP contribution < -0.4 is 0 Å².